The molecule has 2 N–H and O–H groups in total. The van der Waals surface area contributed by atoms with Crippen molar-refractivity contribution < 1.29 is 14.2 Å². The van der Waals surface area contributed by atoms with Gasteiger partial charge in [-0.1, -0.05) is 0 Å². The van der Waals surface area contributed by atoms with Crippen molar-refractivity contribution in [1.82, 2.24) is 4.90 Å². The average Bonchev–Trinajstić information content (AvgIpc) is 2.54. The van der Waals surface area contributed by atoms with Crippen LogP contribution in [0, 0.1) is 5.92 Å². The lowest BCUT2D eigenvalue weighted by atomic mass is 9.97. The lowest BCUT2D eigenvalue weighted by Crippen LogP contribution is -2.35. The Morgan fingerprint density at radius 2 is 1.59 bits per heavy atom. The van der Waals surface area contributed by atoms with E-state index in [4.69, 9.17) is 19.9 Å². The van der Waals surface area contributed by atoms with Crippen molar-refractivity contribution in [2.75, 3.05) is 41.0 Å². The third-order valence-corrected chi connectivity index (χ3v) is 4.17. The van der Waals surface area contributed by atoms with Gasteiger partial charge in [-0.15, -0.1) is 12.4 Å². The highest BCUT2D eigenvalue weighted by atomic mass is 35.5. The van der Waals surface area contributed by atoms with Gasteiger partial charge in [0.15, 0.2) is 11.5 Å². The molecule has 126 valence electrons. The van der Waals surface area contributed by atoms with Crippen LogP contribution in [0.3, 0.4) is 0 Å². The van der Waals surface area contributed by atoms with Gasteiger partial charge in [0.1, 0.15) is 0 Å². The quantitative estimate of drug-likeness (QED) is 0.867. The maximum atomic E-state index is 5.74. The molecule has 0 unspecified atom stereocenters. The standard InChI is InChI=1S/C16H26N2O3.ClH/c1-19-14-8-13(9-15(20-2)16(14)21-3)11-18-6-4-12(10-17)5-7-18;/h8-9,12H,4-7,10-11,17H2,1-3H3;1H. The number of piperidine rings is 1. The Morgan fingerprint density at radius 3 is 2.00 bits per heavy atom. The van der Waals surface area contributed by atoms with Crippen molar-refractivity contribution >= 4 is 12.4 Å². The van der Waals surface area contributed by atoms with E-state index in [0.29, 0.717) is 23.2 Å². The predicted octanol–water partition coefficient (Wildman–Crippen LogP) is 2.30. The molecule has 0 amide bonds. The zero-order chi connectivity index (χ0) is 15.2. The number of likely N-dealkylation sites (tertiary alicyclic amines) is 1. The largest absolute Gasteiger partial charge is 0.493 e. The first-order chi connectivity index (χ1) is 10.2. The number of halogens is 1. The van der Waals surface area contributed by atoms with Crippen LogP contribution in [0.4, 0.5) is 0 Å². The van der Waals surface area contributed by atoms with Gasteiger partial charge < -0.3 is 19.9 Å². The molecule has 1 fully saturated rings. The molecule has 0 aliphatic carbocycles. The van der Waals surface area contributed by atoms with E-state index in [1.54, 1.807) is 21.3 Å². The van der Waals surface area contributed by atoms with Crippen LogP contribution in [0.15, 0.2) is 12.1 Å². The van der Waals surface area contributed by atoms with Gasteiger partial charge >= 0.3 is 0 Å². The SMILES string of the molecule is COc1cc(CN2CCC(CN)CC2)cc(OC)c1OC.Cl. The smallest absolute Gasteiger partial charge is 0.203 e. The van der Waals surface area contributed by atoms with Gasteiger partial charge in [0.05, 0.1) is 21.3 Å². The maximum absolute atomic E-state index is 5.74. The summed E-state index contributed by atoms with van der Waals surface area (Å²) >= 11 is 0. The minimum atomic E-state index is 0. The van der Waals surface area contributed by atoms with E-state index in [0.717, 1.165) is 26.2 Å². The molecule has 1 heterocycles. The monoisotopic (exact) mass is 330 g/mol. The fourth-order valence-corrected chi connectivity index (χ4v) is 2.87. The van der Waals surface area contributed by atoms with Crippen molar-refractivity contribution in [3.63, 3.8) is 0 Å². The summed E-state index contributed by atoms with van der Waals surface area (Å²) in [5.74, 6) is 2.75. The summed E-state index contributed by atoms with van der Waals surface area (Å²) in [7, 11) is 4.92. The highest BCUT2D eigenvalue weighted by molar-refractivity contribution is 5.85. The molecule has 0 spiro atoms. The summed E-state index contributed by atoms with van der Waals surface area (Å²) in [4.78, 5) is 2.45. The van der Waals surface area contributed by atoms with Gasteiger partial charge in [0.25, 0.3) is 0 Å². The van der Waals surface area contributed by atoms with Crippen LogP contribution in [0.1, 0.15) is 18.4 Å². The molecule has 1 aliphatic rings. The maximum Gasteiger partial charge on any atom is 0.203 e. The van der Waals surface area contributed by atoms with E-state index in [2.05, 4.69) is 4.90 Å². The lowest BCUT2D eigenvalue weighted by molar-refractivity contribution is 0.180. The van der Waals surface area contributed by atoms with Gasteiger partial charge in [0, 0.05) is 6.54 Å². The van der Waals surface area contributed by atoms with Crippen LogP contribution in [-0.4, -0.2) is 45.9 Å². The minimum absolute atomic E-state index is 0. The average molecular weight is 331 g/mol. The summed E-state index contributed by atoms with van der Waals surface area (Å²) < 4.78 is 16.2. The molecular weight excluding hydrogens is 304 g/mol. The second kappa shape index (κ2) is 9.08. The molecule has 1 saturated heterocycles. The molecule has 1 aromatic carbocycles. The second-order valence-corrected chi connectivity index (χ2v) is 5.49. The Labute approximate surface area is 139 Å². The summed E-state index contributed by atoms with van der Waals surface area (Å²) in [6.45, 7) is 3.89. The number of hydrogen-bond acceptors (Lipinski definition) is 5. The molecular formula is C16H27ClN2O3. The van der Waals surface area contributed by atoms with E-state index in [-0.39, 0.29) is 12.4 Å². The number of hydrogen-bond donors (Lipinski definition) is 1. The molecule has 0 aromatic heterocycles. The minimum Gasteiger partial charge on any atom is -0.493 e. The highest BCUT2D eigenvalue weighted by Gasteiger charge is 2.19. The van der Waals surface area contributed by atoms with Crippen molar-refractivity contribution in [2.24, 2.45) is 11.7 Å². The Balaban J connectivity index is 0.00000242. The van der Waals surface area contributed by atoms with Crippen LogP contribution in [0.5, 0.6) is 17.2 Å². The lowest BCUT2D eigenvalue weighted by Gasteiger charge is -2.31. The number of nitrogens with zero attached hydrogens (tertiary/aromatic N) is 1. The Hall–Kier alpha value is -1.17. The van der Waals surface area contributed by atoms with E-state index in [9.17, 15) is 0 Å². The van der Waals surface area contributed by atoms with E-state index >= 15 is 0 Å². The fraction of sp³-hybridized carbons (Fsp3) is 0.625. The van der Waals surface area contributed by atoms with Crippen LogP contribution in [0.25, 0.3) is 0 Å². The first-order valence-corrected chi connectivity index (χ1v) is 7.43. The normalized spacial score (nSPS) is 16.0. The Morgan fingerprint density at radius 1 is 1.05 bits per heavy atom. The fourth-order valence-electron chi connectivity index (χ4n) is 2.87. The summed E-state index contributed by atoms with van der Waals surface area (Å²) in [6, 6.07) is 4.05. The first-order valence-electron chi connectivity index (χ1n) is 7.43. The molecule has 5 nitrogen and oxygen atoms in total. The molecule has 0 atom stereocenters. The molecule has 1 aromatic rings. The number of rotatable bonds is 6. The second-order valence-electron chi connectivity index (χ2n) is 5.49. The molecule has 0 saturated carbocycles. The number of methoxy groups -OCH3 is 3. The van der Waals surface area contributed by atoms with Crippen molar-refractivity contribution in [1.29, 1.82) is 0 Å². The highest BCUT2D eigenvalue weighted by Crippen LogP contribution is 2.38. The summed E-state index contributed by atoms with van der Waals surface area (Å²) in [5.41, 5.74) is 6.92. The van der Waals surface area contributed by atoms with Crippen LogP contribution in [0.2, 0.25) is 0 Å². The van der Waals surface area contributed by atoms with Gasteiger partial charge in [0.2, 0.25) is 5.75 Å². The van der Waals surface area contributed by atoms with Gasteiger partial charge in [-0.3, -0.25) is 4.90 Å². The summed E-state index contributed by atoms with van der Waals surface area (Å²) in [6.07, 6.45) is 2.36. The Kier molecular flexibility index (Phi) is 7.79. The van der Waals surface area contributed by atoms with Crippen molar-refractivity contribution in [2.45, 2.75) is 19.4 Å². The number of ether oxygens (including phenoxy) is 3. The molecule has 0 radical (unpaired) electrons. The van der Waals surface area contributed by atoms with Crippen molar-refractivity contribution in [3.8, 4) is 17.2 Å². The molecule has 0 bridgehead atoms. The molecule has 22 heavy (non-hydrogen) atoms. The third kappa shape index (κ3) is 4.41. The van der Waals surface area contributed by atoms with Crippen LogP contribution in [-0.2, 0) is 6.54 Å². The first kappa shape index (κ1) is 18.9. The zero-order valence-electron chi connectivity index (χ0n) is 13.6. The van der Waals surface area contributed by atoms with Gasteiger partial charge in [-0.05, 0) is 56.1 Å². The van der Waals surface area contributed by atoms with E-state index in [1.807, 2.05) is 12.1 Å². The topological polar surface area (TPSA) is 57.0 Å². The van der Waals surface area contributed by atoms with E-state index in [1.165, 1.54) is 18.4 Å². The summed E-state index contributed by atoms with van der Waals surface area (Å²) in [5, 5.41) is 0. The third-order valence-electron chi connectivity index (χ3n) is 4.17. The number of nitrogens with two attached hydrogens (primary N) is 1. The Bertz CT molecular complexity index is 438. The molecule has 1 aliphatic heterocycles. The number of benzene rings is 1. The van der Waals surface area contributed by atoms with Crippen molar-refractivity contribution in [3.05, 3.63) is 17.7 Å². The molecule has 6 heteroatoms. The van der Waals surface area contributed by atoms with E-state index < -0.39 is 0 Å². The van der Waals surface area contributed by atoms with Gasteiger partial charge in [-0.25, -0.2) is 0 Å². The molecule has 2 rings (SSSR count). The predicted molar refractivity (Wildman–Crippen MR) is 90.4 cm³/mol. The van der Waals surface area contributed by atoms with Crippen LogP contribution < -0.4 is 19.9 Å². The van der Waals surface area contributed by atoms with Crippen LogP contribution >= 0.6 is 12.4 Å². The van der Waals surface area contributed by atoms with Gasteiger partial charge in [-0.2, -0.15) is 0 Å². The zero-order valence-corrected chi connectivity index (χ0v) is 14.4.